The first kappa shape index (κ1) is 14.3. The molecule has 4 rings (SSSR count). The lowest BCUT2D eigenvalue weighted by atomic mass is 10.0. The minimum Gasteiger partial charge on any atom is -0.276 e. The van der Waals surface area contributed by atoms with E-state index in [-0.39, 0.29) is 0 Å². The molecule has 1 nitrogen and oxygen atoms in total. The van der Waals surface area contributed by atoms with Crippen LogP contribution in [-0.2, 0) is 0 Å². The van der Waals surface area contributed by atoms with Crippen molar-refractivity contribution in [3.63, 3.8) is 0 Å². The number of rotatable bonds is 3. The molecule has 23 heavy (non-hydrogen) atoms. The molecule has 0 fully saturated rings. The fraction of sp³-hybridized carbons (Fsp3) is 0.0952. The summed E-state index contributed by atoms with van der Waals surface area (Å²) in [5, 5.41) is 1.58. The smallest absolute Gasteiger partial charge is 0.0984 e. The number of hydrogen-bond acceptors (Lipinski definition) is 2. The average molecular weight is 315 g/mol. The largest absolute Gasteiger partial charge is 0.276 e. The zero-order valence-electron chi connectivity index (χ0n) is 12.7. The molecule has 1 aliphatic heterocycles. The van der Waals surface area contributed by atoms with Gasteiger partial charge in [-0.1, -0.05) is 96.7 Å². The predicted molar refractivity (Wildman–Crippen MR) is 100 cm³/mol. The van der Waals surface area contributed by atoms with Gasteiger partial charge < -0.3 is 0 Å². The van der Waals surface area contributed by atoms with Gasteiger partial charge in [0.25, 0.3) is 0 Å². The van der Waals surface area contributed by atoms with Crippen molar-refractivity contribution >= 4 is 16.8 Å². The molecular weight excluding hydrogens is 298 g/mol. The molecule has 3 aromatic rings. The second-order valence-corrected chi connectivity index (χ2v) is 6.80. The van der Waals surface area contributed by atoms with Crippen molar-refractivity contribution in [1.29, 1.82) is 0 Å². The van der Waals surface area contributed by atoms with E-state index >= 15 is 0 Å². The summed E-state index contributed by atoms with van der Waals surface area (Å²) in [6.45, 7) is 0.861. The monoisotopic (exact) mass is 315 g/mol. The van der Waals surface area contributed by atoms with E-state index in [0.29, 0.717) is 5.25 Å². The Morgan fingerprint density at radius 3 is 1.87 bits per heavy atom. The van der Waals surface area contributed by atoms with Crippen LogP contribution in [0.5, 0.6) is 0 Å². The highest BCUT2D eigenvalue weighted by Gasteiger charge is 2.22. The predicted octanol–water partition coefficient (Wildman–Crippen LogP) is 5.59. The van der Waals surface area contributed by atoms with Gasteiger partial charge in [0, 0.05) is 5.56 Å². The van der Waals surface area contributed by atoms with Gasteiger partial charge in [0.15, 0.2) is 0 Å². The molecule has 0 spiro atoms. The molecule has 1 unspecified atom stereocenters. The lowest BCUT2D eigenvalue weighted by Gasteiger charge is -2.10. The third-order valence-corrected chi connectivity index (χ3v) is 5.36. The van der Waals surface area contributed by atoms with Crippen molar-refractivity contribution in [2.75, 3.05) is 6.54 Å². The molecule has 2 heteroatoms. The SMILES string of the molecule is c1ccc(C2=NCC(c3ccc(-c4ccccc4)cc3)S2)cc1. The van der Waals surface area contributed by atoms with Gasteiger partial charge in [0.2, 0.25) is 0 Å². The number of nitrogens with zero attached hydrogens (tertiary/aromatic N) is 1. The van der Waals surface area contributed by atoms with Crippen LogP contribution in [0.4, 0.5) is 0 Å². The van der Waals surface area contributed by atoms with E-state index in [9.17, 15) is 0 Å². The van der Waals surface area contributed by atoms with Gasteiger partial charge in [0.05, 0.1) is 16.8 Å². The Labute approximate surface area is 141 Å². The normalized spacial score (nSPS) is 17.0. The van der Waals surface area contributed by atoms with E-state index < -0.39 is 0 Å². The van der Waals surface area contributed by atoms with Crippen LogP contribution in [0.3, 0.4) is 0 Å². The van der Waals surface area contributed by atoms with Gasteiger partial charge in [-0.2, -0.15) is 0 Å². The molecule has 0 amide bonds. The van der Waals surface area contributed by atoms with Crippen LogP contribution >= 0.6 is 11.8 Å². The molecule has 0 N–H and O–H groups in total. The van der Waals surface area contributed by atoms with Crippen LogP contribution in [0, 0.1) is 0 Å². The summed E-state index contributed by atoms with van der Waals surface area (Å²) in [6.07, 6.45) is 0. The first-order valence-corrected chi connectivity index (χ1v) is 8.70. The molecule has 1 atom stereocenters. The molecule has 1 heterocycles. The van der Waals surface area contributed by atoms with E-state index in [0.717, 1.165) is 11.6 Å². The summed E-state index contributed by atoms with van der Waals surface area (Å²) in [6, 6.07) is 29.9. The maximum atomic E-state index is 4.72. The van der Waals surface area contributed by atoms with Gasteiger partial charge in [-0.25, -0.2) is 0 Å². The summed E-state index contributed by atoms with van der Waals surface area (Å²) in [7, 11) is 0. The van der Waals surface area contributed by atoms with Crippen LogP contribution in [0.15, 0.2) is 89.9 Å². The van der Waals surface area contributed by atoms with Gasteiger partial charge in [-0.15, -0.1) is 0 Å². The first-order chi connectivity index (χ1) is 11.4. The molecule has 0 saturated carbocycles. The summed E-state index contributed by atoms with van der Waals surface area (Å²) < 4.78 is 0. The fourth-order valence-electron chi connectivity index (χ4n) is 2.81. The van der Waals surface area contributed by atoms with Crippen molar-refractivity contribution in [1.82, 2.24) is 0 Å². The molecule has 112 valence electrons. The fourth-order valence-corrected chi connectivity index (χ4v) is 3.94. The van der Waals surface area contributed by atoms with Crippen LogP contribution < -0.4 is 0 Å². The lowest BCUT2D eigenvalue weighted by molar-refractivity contribution is 0.966. The minimum atomic E-state index is 0.426. The Kier molecular flexibility index (Phi) is 3.99. The highest BCUT2D eigenvalue weighted by molar-refractivity contribution is 8.14. The zero-order valence-corrected chi connectivity index (χ0v) is 13.5. The van der Waals surface area contributed by atoms with Crippen molar-refractivity contribution in [2.24, 2.45) is 4.99 Å². The maximum absolute atomic E-state index is 4.72. The second-order valence-electron chi connectivity index (χ2n) is 5.61. The highest BCUT2D eigenvalue weighted by atomic mass is 32.2. The minimum absolute atomic E-state index is 0.426. The highest BCUT2D eigenvalue weighted by Crippen LogP contribution is 2.38. The van der Waals surface area contributed by atoms with E-state index in [1.54, 1.807) is 0 Å². The van der Waals surface area contributed by atoms with Crippen LogP contribution in [0.2, 0.25) is 0 Å². The summed E-state index contributed by atoms with van der Waals surface area (Å²) in [5.74, 6) is 0. The maximum Gasteiger partial charge on any atom is 0.0984 e. The molecule has 0 saturated heterocycles. The molecule has 0 aliphatic carbocycles. The number of aliphatic imine (C=N–C) groups is 1. The van der Waals surface area contributed by atoms with Gasteiger partial charge in [0.1, 0.15) is 0 Å². The van der Waals surface area contributed by atoms with E-state index in [2.05, 4.69) is 78.9 Å². The van der Waals surface area contributed by atoms with Crippen molar-refractivity contribution in [2.45, 2.75) is 5.25 Å². The summed E-state index contributed by atoms with van der Waals surface area (Å²) in [5.41, 5.74) is 5.10. The Hall–Kier alpha value is -2.32. The molecule has 0 radical (unpaired) electrons. The topological polar surface area (TPSA) is 12.4 Å². The Bertz CT molecular complexity index is 807. The van der Waals surface area contributed by atoms with Gasteiger partial charge >= 0.3 is 0 Å². The number of hydrogen-bond donors (Lipinski definition) is 0. The van der Waals surface area contributed by atoms with Gasteiger partial charge in [-0.3, -0.25) is 4.99 Å². The van der Waals surface area contributed by atoms with E-state index in [1.165, 1.54) is 22.3 Å². The number of thioether (sulfide) groups is 1. The third-order valence-electron chi connectivity index (χ3n) is 4.06. The summed E-state index contributed by atoms with van der Waals surface area (Å²) in [4.78, 5) is 4.72. The lowest BCUT2D eigenvalue weighted by Crippen LogP contribution is -1.95. The van der Waals surface area contributed by atoms with Crippen molar-refractivity contribution in [3.05, 3.63) is 96.1 Å². The Morgan fingerprint density at radius 1 is 0.652 bits per heavy atom. The van der Waals surface area contributed by atoms with E-state index in [1.807, 2.05) is 17.8 Å². The standard InChI is InChI=1S/C21H17NS/c1-3-7-16(8-4-1)17-11-13-18(14-12-17)20-15-22-21(23-20)19-9-5-2-6-10-19/h1-14,20H,15H2. The quantitative estimate of drug-likeness (QED) is 0.614. The van der Waals surface area contributed by atoms with Gasteiger partial charge in [-0.05, 0) is 16.7 Å². The first-order valence-electron chi connectivity index (χ1n) is 7.82. The third kappa shape index (κ3) is 3.08. The second kappa shape index (κ2) is 6.43. The molecule has 1 aliphatic rings. The average Bonchev–Trinajstić information content (AvgIpc) is 3.14. The van der Waals surface area contributed by atoms with Crippen molar-refractivity contribution in [3.8, 4) is 11.1 Å². The van der Waals surface area contributed by atoms with Crippen LogP contribution in [0.25, 0.3) is 11.1 Å². The van der Waals surface area contributed by atoms with Crippen LogP contribution in [-0.4, -0.2) is 11.6 Å². The molecule has 0 aromatic heterocycles. The zero-order chi connectivity index (χ0) is 15.5. The Morgan fingerprint density at radius 2 is 1.22 bits per heavy atom. The number of benzene rings is 3. The van der Waals surface area contributed by atoms with Crippen molar-refractivity contribution < 1.29 is 0 Å². The van der Waals surface area contributed by atoms with Crippen LogP contribution in [0.1, 0.15) is 16.4 Å². The van der Waals surface area contributed by atoms with E-state index in [4.69, 9.17) is 4.99 Å². The molecular formula is C21H17NS. The molecule has 3 aromatic carbocycles. The molecule has 0 bridgehead atoms. The Balaban J connectivity index is 1.50. The summed E-state index contributed by atoms with van der Waals surface area (Å²) >= 11 is 1.87.